The highest BCUT2D eigenvalue weighted by atomic mass is 32.2. The molecule has 0 radical (unpaired) electrons. The Morgan fingerprint density at radius 3 is 2.35 bits per heavy atom. The van der Waals surface area contributed by atoms with E-state index < -0.39 is 0 Å². The van der Waals surface area contributed by atoms with Crippen LogP contribution in [0.15, 0.2) is 53.0 Å². The normalized spacial score (nSPS) is 10.7. The lowest BCUT2D eigenvalue weighted by Gasteiger charge is -2.03. The predicted molar refractivity (Wildman–Crippen MR) is 95.2 cm³/mol. The monoisotopic (exact) mass is 340 g/mol. The molecule has 116 valence electrons. The number of thiophene rings is 1. The van der Waals surface area contributed by atoms with Crippen LogP contribution in [0.25, 0.3) is 5.69 Å². The second kappa shape index (κ2) is 6.10. The van der Waals surface area contributed by atoms with Gasteiger partial charge < -0.3 is 29.7 Å². The Morgan fingerprint density at radius 1 is 1.13 bits per heavy atom. The van der Waals surface area contributed by atoms with Gasteiger partial charge in [-0.15, -0.1) is 0 Å². The number of aryl methyl sites for hydroxylation is 2. The van der Waals surface area contributed by atoms with Crippen LogP contribution in [0.5, 0.6) is 0 Å². The summed E-state index contributed by atoms with van der Waals surface area (Å²) in [6, 6.07) is 11.2. The average Bonchev–Trinajstić information content (AvgIpc) is 2.81. The zero-order chi connectivity index (χ0) is 16.6. The number of aromatic nitrogens is 1. The number of pyridine rings is 1. The first-order valence-corrected chi connectivity index (χ1v) is 8.39. The minimum Gasteiger partial charge on any atom is -0.421 e. The molecule has 3 rings (SSSR count). The van der Waals surface area contributed by atoms with E-state index >= 15 is 0 Å². The van der Waals surface area contributed by atoms with E-state index in [1.165, 1.54) is 11.3 Å². The van der Waals surface area contributed by atoms with Gasteiger partial charge in [-0.25, -0.2) is 0 Å². The molecule has 0 atom stereocenters. The molecule has 2 aromatic heterocycles. The third-order valence-electron chi connectivity index (χ3n) is 3.53. The van der Waals surface area contributed by atoms with Crippen molar-refractivity contribution in [3.8, 4) is 5.69 Å². The molecule has 0 amide bonds. The van der Waals surface area contributed by atoms with Gasteiger partial charge in [-0.2, -0.15) is 4.57 Å². The summed E-state index contributed by atoms with van der Waals surface area (Å²) in [5, 5.41) is 0. The van der Waals surface area contributed by atoms with Crippen LogP contribution in [-0.2, 0) is 12.6 Å². The summed E-state index contributed by atoms with van der Waals surface area (Å²) >= 11 is 6.73. The van der Waals surface area contributed by atoms with Crippen LogP contribution in [0.3, 0.4) is 0 Å². The molecule has 23 heavy (non-hydrogen) atoms. The SMILES string of the molecule is Cc1cc(C)c[n+](-c2c([S-])sc(C(=O)c3ccccc3)c2N)c1. The quantitative estimate of drug-likeness (QED) is 0.452. The van der Waals surface area contributed by atoms with Gasteiger partial charge in [0.05, 0.1) is 0 Å². The van der Waals surface area contributed by atoms with Gasteiger partial charge in [0.15, 0.2) is 18.2 Å². The highest BCUT2D eigenvalue weighted by molar-refractivity contribution is 7.63. The van der Waals surface area contributed by atoms with Crippen molar-refractivity contribution in [2.45, 2.75) is 18.1 Å². The van der Waals surface area contributed by atoms with E-state index in [1.807, 2.05) is 49.0 Å². The number of benzene rings is 1. The summed E-state index contributed by atoms with van der Waals surface area (Å²) in [7, 11) is 0. The van der Waals surface area contributed by atoms with Crippen molar-refractivity contribution in [2.75, 3.05) is 5.73 Å². The minimum absolute atomic E-state index is 0.0876. The van der Waals surface area contributed by atoms with Crippen LogP contribution >= 0.6 is 11.3 Å². The Kier molecular flexibility index (Phi) is 4.15. The molecule has 0 bridgehead atoms. The zero-order valence-corrected chi connectivity index (χ0v) is 14.5. The topological polar surface area (TPSA) is 47.0 Å². The van der Waals surface area contributed by atoms with E-state index in [9.17, 15) is 4.79 Å². The summed E-state index contributed by atoms with van der Waals surface area (Å²) in [5.74, 6) is -0.0876. The summed E-state index contributed by atoms with van der Waals surface area (Å²) in [4.78, 5) is 13.2. The number of rotatable bonds is 3. The van der Waals surface area contributed by atoms with Gasteiger partial charge in [0.25, 0.3) is 0 Å². The molecule has 0 unspecified atom stereocenters. The van der Waals surface area contributed by atoms with Crippen molar-refractivity contribution in [1.29, 1.82) is 0 Å². The van der Waals surface area contributed by atoms with Crippen LogP contribution in [0.4, 0.5) is 5.69 Å². The molecule has 0 fully saturated rings. The Bertz CT molecular complexity index is 865. The molecule has 1 aromatic carbocycles. The summed E-state index contributed by atoms with van der Waals surface area (Å²) < 4.78 is 2.54. The molecule has 3 nitrogen and oxygen atoms in total. The number of nitrogens with two attached hydrogens (primary N) is 1. The van der Waals surface area contributed by atoms with Gasteiger partial charge in [-0.1, -0.05) is 30.3 Å². The molecule has 0 aliphatic carbocycles. The molecular formula is C18H16N2OS2. The van der Waals surface area contributed by atoms with E-state index in [-0.39, 0.29) is 5.78 Å². The van der Waals surface area contributed by atoms with Crippen molar-refractivity contribution in [1.82, 2.24) is 0 Å². The zero-order valence-electron chi connectivity index (χ0n) is 12.9. The number of nitrogen functional groups attached to an aromatic ring is 1. The third-order valence-corrected chi connectivity index (χ3v) is 4.96. The maximum atomic E-state index is 12.7. The molecule has 5 heteroatoms. The van der Waals surface area contributed by atoms with E-state index in [2.05, 4.69) is 6.07 Å². The second-order valence-corrected chi connectivity index (χ2v) is 7.16. The molecule has 0 aliphatic rings. The van der Waals surface area contributed by atoms with E-state index in [0.29, 0.717) is 20.3 Å². The third kappa shape index (κ3) is 2.98. The fraction of sp³-hybridized carbons (Fsp3) is 0.111. The molecule has 2 heterocycles. The van der Waals surface area contributed by atoms with Gasteiger partial charge in [0, 0.05) is 21.6 Å². The largest absolute Gasteiger partial charge is 0.421 e. The fourth-order valence-corrected chi connectivity index (χ4v) is 3.97. The number of carbonyl (C=O) groups is 1. The lowest BCUT2D eigenvalue weighted by Crippen LogP contribution is -2.32. The fourth-order valence-electron chi connectivity index (χ4n) is 2.59. The van der Waals surface area contributed by atoms with Crippen molar-refractivity contribution in [3.63, 3.8) is 0 Å². The Hall–Kier alpha value is -2.24. The lowest BCUT2D eigenvalue weighted by molar-refractivity contribution is -0.597. The highest BCUT2D eigenvalue weighted by Crippen LogP contribution is 2.33. The molecule has 3 aromatic rings. The molecular weight excluding hydrogens is 324 g/mol. The summed E-state index contributed by atoms with van der Waals surface area (Å²) in [6.45, 7) is 4.04. The van der Waals surface area contributed by atoms with Gasteiger partial charge in [0.1, 0.15) is 5.69 Å². The highest BCUT2D eigenvalue weighted by Gasteiger charge is 2.21. The van der Waals surface area contributed by atoms with E-state index in [4.69, 9.17) is 18.4 Å². The van der Waals surface area contributed by atoms with Crippen molar-refractivity contribution in [3.05, 3.63) is 70.4 Å². The standard InChI is InChI=1S/C18H16N2OS2/c1-11-8-12(2)10-20(9-11)15-14(19)17(23-18(15)22)16(21)13-6-4-3-5-7-13/h3-10H,1-2H3,(H2-,19,21,22). The first-order chi connectivity index (χ1) is 11.0. The Balaban J connectivity index is 2.12. The average molecular weight is 340 g/mol. The van der Waals surface area contributed by atoms with E-state index in [0.717, 1.165) is 16.8 Å². The van der Waals surface area contributed by atoms with E-state index in [1.54, 1.807) is 12.1 Å². The maximum absolute atomic E-state index is 12.7. The number of anilines is 1. The molecule has 2 N–H and O–H groups in total. The predicted octanol–water partition coefficient (Wildman–Crippen LogP) is 3.36. The molecule has 0 aliphatic heterocycles. The summed E-state index contributed by atoms with van der Waals surface area (Å²) in [6.07, 6.45) is 3.94. The number of ketones is 1. The van der Waals surface area contributed by atoms with Crippen molar-refractivity contribution < 1.29 is 9.36 Å². The van der Waals surface area contributed by atoms with Crippen LogP contribution in [0.1, 0.15) is 26.4 Å². The molecule has 0 spiro atoms. The van der Waals surface area contributed by atoms with Crippen LogP contribution in [0, 0.1) is 13.8 Å². The van der Waals surface area contributed by atoms with Gasteiger partial charge in [-0.05, 0) is 24.1 Å². The van der Waals surface area contributed by atoms with Gasteiger partial charge in [-0.3, -0.25) is 4.79 Å². The summed E-state index contributed by atoms with van der Waals surface area (Å²) in [5.41, 5.74) is 10.3. The smallest absolute Gasteiger partial charge is 0.222 e. The number of hydrogen-bond donors (Lipinski definition) is 1. The molecule has 0 saturated heterocycles. The number of hydrogen-bond acceptors (Lipinski definition) is 4. The van der Waals surface area contributed by atoms with Crippen molar-refractivity contribution in [2.24, 2.45) is 0 Å². The maximum Gasteiger partial charge on any atom is 0.222 e. The van der Waals surface area contributed by atoms with Crippen molar-refractivity contribution >= 4 is 35.4 Å². The van der Waals surface area contributed by atoms with Crippen LogP contribution in [0.2, 0.25) is 0 Å². The molecule has 0 saturated carbocycles. The first-order valence-electron chi connectivity index (χ1n) is 7.16. The minimum atomic E-state index is -0.0876. The van der Waals surface area contributed by atoms with Crippen LogP contribution < -0.4 is 10.3 Å². The number of carbonyl (C=O) groups excluding carboxylic acids is 1. The second-order valence-electron chi connectivity index (χ2n) is 5.47. The Morgan fingerprint density at radius 2 is 1.74 bits per heavy atom. The first kappa shape index (κ1) is 15.6. The Labute approximate surface area is 144 Å². The van der Waals surface area contributed by atoms with Gasteiger partial charge >= 0.3 is 0 Å². The van der Waals surface area contributed by atoms with Crippen LogP contribution in [-0.4, -0.2) is 5.78 Å². The number of nitrogens with zero attached hydrogens (tertiary/aromatic N) is 1. The lowest BCUT2D eigenvalue weighted by atomic mass is 10.1. The van der Waals surface area contributed by atoms with Gasteiger partial charge in [0.2, 0.25) is 5.69 Å².